The molecule has 0 spiro atoms. The zero-order chi connectivity index (χ0) is 12.5. The summed E-state index contributed by atoms with van der Waals surface area (Å²) in [6, 6.07) is 0.151. The summed E-state index contributed by atoms with van der Waals surface area (Å²) in [7, 11) is -3.81. The standard InChI is InChI=1S/C9H16N4O3S/c1-2-5-16-6-8-11-12-9(17(10,14)15)13(8)7-3-4-7/h7H,2-6H2,1H3,(H2,10,14,15). The summed E-state index contributed by atoms with van der Waals surface area (Å²) in [5.74, 6) is 0.532. The van der Waals surface area contributed by atoms with Gasteiger partial charge in [0.15, 0.2) is 5.82 Å². The van der Waals surface area contributed by atoms with Gasteiger partial charge in [-0.1, -0.05) is 6.92 Å². The predicted octanol–water partition coefficient (Wildman–Crippen LogP) is 0.187. The summed E-state index contributed by atoms with van der Waals surface area (Å²) < 4.78 is 29.6. The number of sulfonamides is 1. The van der Waals surface area contributed by atoms with Gasteiger partial charge in [0.05, 0.1) is 0 Å². The van der Waals surface area contributed by atoms with Crippen molar-refractivity contribution in [3.8, 4) is 0 Å². The third kappa shape index (κ3) is 2.82. The SMILES string of the molecule is CCCOCc1nnc(S(N)(=O)=O)n1C1CC1. The number of rotatable bonds is 6. The summed E-state index contributed by atoms with van der Waals surface area (Å²) in [5.41, 5.74) is 0. The molecule has 7 nitrogen and oxygen atoms in total. The van der Waals surface area contributed by atoms with Crippen molar-refractivity contribution in [1.82, 2.24) is 14.8 Å². The second-order valence-corrected chi connectivity index (χ2v) is 5.55. The third-order valence-electron chi connectivity index (χ3n) is 2.48. The first kappa shape index (κ1) is 12.5. The molecule has 1 aliphatic carbocycles. The van der Waals surface area contributed by atoms with Crippen molar-refractivity contribution in [2.24, 2.45) is 5.14 Å². The molecule has 0 atom stereocenters. The van der Waals surface area contributed by atoms with Crippen LogP contribution >= 0.6 is 0 Å². The van der Waals surface area contributed by atoms with E-state index < -0.39 is 10.0 Å². The maximum absolute atomic E-state index is 11.3. The minimum absolute atomic E-state index is 0.151. The van der Waals surface area contributed by atoms with Crippen LogP contribution in [0.3, 0.4) is 0 Å². The Hall–Kier alpha value is -0.990. The average molecular weight is 260 g/mol. The number of primary sulfonamides is 1. The van der Waals surface area contributed by atoms with Crippen molar-refractivity contribution in [3.05, 3.63) is 5.82 Å². The van der Waals surface area contributed by atoms with Gasteiger partial charge < -0.3 is 4.74 Å². The quantitative estimate of drug-likeness (QED) is 0.736. The molecule has 0 amide bonds. The Kier molecular flexibility index (Phi) is 3.45. The number of ether oxygens (including phenoxy) is 1. The number of aromatic nitrogens is 3. The molecular weight excluding hydrogens is 244 g/mol. The van der Waals surface area contributed by atoms with Crippen LogP contribution in [0.25, 0.3) is 0 Å². The minimum atomic E-state index is -3.81. The fraction of sp³-hybridized carbons (Fsp3) is 0.778. The van der Waals surface area contributed by atoms with Crippen molar-refractivity contribution in [1.29, 1.82) is 0 Å². The lowest BCUT2D eigenvalue weighted by Gasteiger charge is -2.07. The smallest absolute Gasteiger partial charge is 0.273 e. The Morgan fingerprint density at radius 3 is 2.71 bits per heavy atom. The average Bonchev–Trinajstić information content (AvgIpc) is 2.98. The van der Waals surface area contributed by atoms with Crippen LogP contribution in [-0.4, -0.2) is 29.8 Å². The molecule has 0 radical (unpaired) electrons. The maximum atomic E-state index is 11.3. The number of hydrogen-bond donors (Lipinski definition) is 1. The highest BCUT2D eigenvalue weighted by Crippen LogP contribution is 2.37. The van der Waals surface area contributed by atoms with E-state index in [0.29, 0.717) is 12.4 Å². The Morgan fingerprint density at radius 1 is 1.47 bits per heavy atom. The Balaban J connectivity index is 2.24. The lowest BCUT2D eigenvalue weighted by atomic mass is 10.5. The molecule has 1 aliphatic rings. The van der Waals surface area contributed by atoms with Crippen LogP contribution < -0.4 is 5.14 Å². The highest BCUT2D eigenvalue weighted by molar-refractivity contribution is 7.89. The molecule has 2 N–H and O–H groups in total. The molecule has 0 unspecified atom stereocenters. The van der Waals surface area contributed by atoms with Crippen LogP contribution in [0.2, 0.25) is 0 Å². The molecule has 0 saturated heterocycles. The summed E-state index contributed by atoms with van der Waals surface area (Å²) >= 11 is 0. The van der Waals surface area contributed by atoms with Gasteiger partial charge in [-0.15, -0.1) is 10.2 Å². The van der Waals surface area contributed by atoms with Gasteiger partial charge >= 0.3 is 0 Å². The van der Waals surface area contributed by atoms with Gasteiger partial charge in [-0.05, 0) is 19.3 Å². The van der Waals surface area contributed by atoms with E-state index in [1.807, 2.05) is 6.92 Å². The molecule has 8 heteroatoms. The molecule has 17 heavy (non-hydrogen) atoms. The molecule has 1 aromatic rings. The zero-order valence-electron chi connectivity index (χ0n) is 9.66. The molecule has 0 aliphatic heterocycles. The van der Waals surface area contributed by atoms with Gasteiger partial charge in [-0.2, -0.15) is 0 Å². The molecule has 2 rings (SSSR count). The summed E-state index contributed by atoms with van der Waals surface area (Å²) in [6.45, 7) is 2.89. The summed E-state index contributed by atoms with van der Waals surface area (Å²) in [6.07, 6.45) is 2.77. The first-order chi connectivity index (χ1) is 8.04. The predicted molar refractivity (Wildman–Crippen MR) is 59.6 cm³/mol. The number of nitrogens with zero attached hydrogens (tertiary/aromatic N) is 3. The molecular formula is C9H16N4O3S. The van der Waals surface area contributed by atoms with Crippen molar-refractivity contribution >= 4 is 10.0 Å². The van der Waals surface area contributed by atoms with Gasteiger partial charge in [0.2, 0.25) is 0 Å². The highest BCUT2D eigenvalue weighted by atomic mass is 32.2. The number of hydrogen-bond acceptors (Lipinski definition) is 5. The van der Waals surface area contributed by atoms with Crippen molar-refractivity contribution in [2.45, 2.75) is 44.0 Å². The van der Waals surface area contributed by atoms with E-state index in [0.717, 1.165) is 19.3 Å². The fourth-order valence-electron chi connectivity index (χ4n) is 1.61. The van der Waals surface area contributed by atoms with E-state index in [9.17, 15) is 8.42 Å². The normalized spacial score (nSPS) is 16.4. The van der Waals surface area contributed by atoms with Crippen molar-refractivity contribution in [3.63, 3.8) is 0 Å². The molecule has 0 bridgehead atoms. The Bertz CT molecular complexity index is 492. The molecule has 96 valence electrons. The van der Waals surface area contributed by atoms with E-state index in [2.05, 4.69) is 10.2 Å². The lowest BCUT2D eigenvalue weighted by molar-refractivity contribution is 0.113. The van der Waals surface area contributed by atoms with Gasteiger partial charge in [0.25, 0.3) is 15.2 Å². The molecule has 0 aromatic carbocycles. The maximum Gasteiger partial charge on any atom is 0.273 e. The van der Waals surface area contributed by atoms with Crippen LogP contribution in [-0.2, 0) is 21.4 Å². The summed E-state index contributed by atoms with van der Waals surface area (Å²) in [5, 5.41) is 12.4. The van der Waals surface area contributed by atoms with Gasteiger partial charge in [0.1, 0.15) is 6.61 Å². The topological polar surface area (TPSA) is 100 Å². The van der Waals surface area contributed by atoms with Crippen LogP contribution in [0, 0.1) is 0 Å². The monoisotopic (exact) mass is 260 g/mol. The van der Waals surface area contributed by atoms with Crippen molar-refractivity contribution < 1.29 is 13.2 Å². The second-order valence-electron chi connectivity index (χ2n) is 4.10. The Labute approximate surface area is 100 Å². The van der Waals surface area contributed by atoms with Gasteiger partial charge in [-0.25, -0.2) is 13.6 Å². The van der Waals surface area contributed by atoms with E-state index in [4.69, 9.17) is 9.88 Å². The first-order valence-electron chi connectivity index (χ1n) is 5.58. The van der Waals surface area contributed by atoms with E-state index in [-0.39, 0.29) is 17.8 Å². The molecule has 1 aromatic heterocycles. The second kappa shape index (κ2) is 4.71. The first-order valence-corrected chi connectivity index (χ1v) is 7.13. The van der Waals surface area contributed by atoms with Crippen LogP contribution in [0.5, 0.6) is 0 Å². The lowest BCUT2D eigenvalue weighted by Crippen LogP contribution is -2.19. The Morgan fingerprint density at radius 2 is 2.18 bits per heavy atom. The van der Waals surface area contributed by atoms with Crippen LogP contribution in [0.1, 0.15) is 38.1 Å². The largest absolute Gasteiger partial charge is 0.373 e. The molecule has 1 fully saturated rings. The van der Waals surface area contributed by atoms with Gasteiger partial charge in [0, 0.05) is 12.6 Å². The number of nitrogens with two attached hydrogens (primary N) is 1. The van der Waals surface area contributed by atoms with Crippen LogP contribution in [0.4, 0.5) is 0 Å². The minimum Gasteiger partial charge on any atom is -0.373 e. The van der Waals surface area contributed by atoms with E-state index in [1.165, 1.54) is 0 Å². The molecule has 1 heterocycles. The van der Waals surface area contributed by atoms with E-state index >= 15 is 0 Å². The van der Waals surface area contributed by atoms with E-state index in [1.54, 1.807) is 4.57 Å². The molecule has 1 saturated carbocycles. The highest BCUT2D eigenvalue weighted by Gasteiger charge is 2.32. The fourth-order valence-corrected chi connectivity index (χ4v) is 2.29. The van der Waals surface area contributed by atoms with Crippen molar-refractivity contribution in [2.75, 3.05) is 6.61 Å². The zero-order valence-corrected chi connectivity index (χ0v) is 10.5. The summed E-state index contributed by atoms with van der Waals surface area (Å²) in [4.78, 5) is 0. The van der Waals surface area contributed by atoms with Crippen LogP contribution in [0.15, 0.2) is 5.16 Å². The third-order valence-corrected chi connectivity index (χ3v) is 3.27. The van der Waals surface area contributed by atoms with Gasteiger partial charge in [-0.3, -0.25) is 4.57 Å².